The molecule has 0 bridgehead atoms. The largest absolute Gasteiger partial charge is 0.392 e. The number of nitrogens with one attached hydrogen (secondary N) is 1. The van der Waals surface area contributed by atoms with Crippen LogP contribution in [-0.2, 0) is 21.4 Å². The van der Waals surface area contributed by atoms with Crippen molar-refractivity contribution in [2.75, 3.05) is 13.2 Å². The first-order valence-corrected chi connectivity index (χ1v) is 7.88. The predicted octanol–water partition coefficient (Wildman–Crippen LogP) is 1.29. The summed E-state index contributed by atoms with van der Waals surface area (Å²) in [6.45, 7) is 0.838. The maximum absolute atomic E-state index is 12.2. The minimum Gasteiger partial charge on any atom is -0.392 e. The van der Waals surface area contributed by atoms with Gasteiger partial charge in [0.25, 0.3) is 0 Å². The lowest BCUT2D eigenvalue weighted by Crippen LogP contribution is -2.38. The highest BCUT2D eigenvalue weighted by Crippen LogP contribution is 2.21. The van der Waals surface area contributed by atoms with Crippen molar-refractivity contribution in [3.05, 3.63) is 28.8 Å². The number of hydrogen-bond acceptors (Lipinski definition) is 4. The third kappa shape index (κ3) is 3.67. The number of halogens is 1. The molecule has 1 heterocycles. The van der Waals surface area contributed by atoms with Gasteiger partial charge in [-0.2, -0.15) is 0 Å². The number of sulfonamides is 1. The van der Waals surface area contributed by atoms with Gasteiger partial charge in [-0.05, 0) is 36.6 Å². The van der Waals surface area contributed by atoms with Crippen LogP contribution in [0.4, 0.5) is 0 Å². The smallest absolute Gasteiger partial charge is 0.240 e. The summed E-state index contributed by atoms with van der Waals surface area (Å²) in [7, 11) is -3.58. The fourth-order valence-corrected chi connectivity index (χ4v) is 3.47. The van der Waals surface area contributed by atoms with Crippen LogP contribution in [0.25, 0.3) is 0 Å². The van der Waals surface area contributed by atoms with Crippen molar-refractivity contribution in [1.29, 1.82) is 0 Å². The van der Waals surface area contributed by atoms with Crippen molar-refractivity contribution in [2.45, 2.75) is 30.4 Å². The molecule has 0 radical (unpaired) electrons. The van der Waals surface area contributed by atoms with Crippen LogP contribution in [0.1, 0.15) is 18.4 Å². The molecule has 0 aliphatic carbocycles. The molecule has 1 aromatic rings. The number of hydrogen-bond donors (Lipinski definition) is 2. The highest BCUT2D eigenvalue weighted by Gasteiger charge is 2.22. The Balaban J connectivity index is 2.18. The Hall–Kier alpha value is -0.660. The molecule has 2 rings (SSSR count). The minimum absolute atomic E-state index is 0.105. The summed E-state index contributed by atoms with van der Waals surface area (Å²) in [6, 6.07) is 4.20. The van der Waals surface area contributed by atoms with Crippen molar-refractivity contribution < 1.29 is 18.3 Å². The van der Waals surface area contributed by atoms with Crippen LogP contribution in [0, 0.1) is 0 Å². The highest BCUT2D eigenvalue weighted by atomic mass is 35.5. The molecule has 0 unspecified atom stereocenters. The second-order valence-electron chi connectivity index (χ2n) is 4.42. The fourth-order valence-electron chi connectivity index (χ4n) is 1.94. The molecule has 106 valence electrons. The summed E-state index contributed by atoms with van der Waals surface area (Å²) in [5.41, 5.74) is 0.400. The lowest BCUT2D eigenvalue weighted by atomic mass is 10.1. The molecule has 1 saturated heterocycles. The Morgan fingerprint density at radius 2 is 2.05 bits per heavy atom. The number of aliphatic hydroxyl groups excluding tert-OH is 1. The van der Waals surface area contributed by atoms with Crippen LogP contribution in [0.15, 0.2) is 23.1 Å². The summed E-state index contributed by atoms with van der Waals surface area (Å²) in [5.74, 6) is 0. The SMILES string of the molecule is O=S(=O)(NC1CCOCC1)c1ccc(Cl)c(CO)c1. The van der Waals surface area contributed by atoms with E-state index in [-0.39, 0.29) is 17.5 Å². The lowest BCUT2D eigenvalue weighted by Gasteiger charge is -2.23. The number of aliphatic hydroxyl groups is 1. The standard InChI is InChI=1S/C12H16ClNO4S/c13-12-2-1-11(7-9(12)8-15)19(16,17)14-10-3-5-18-6-4-10/h1-2,7,10,14-15H,3-6,8H2. The molecule has 0 aromatic heterocycles. The number of ether oxygens (including phenoxy) is 1. The van der Waals surface area contributed by atoms with E-state index in [0.29, 0.717) is 36.6 Å². The van der Waals surface area contributed by atoms with Gasteiger partial charge in [0.1, 0.15) is 0 Å². The molecule has 1 aliphatic rings. The second-order valence-corrected chi connectivity index (χ2v) is 6.54. The van der Waals surface area contributed by atoms with Crippen LogP contribution in [0.2, 0.25) is 5.02 Å². The quantitative estimate of drug-likeness (QED) is 0.879. The van der Waals surface area contributed by atoms with Gasteiger partial charge in [-0.15, -0.1) is 0 Å². The molecular weight excluding hydrogens is 290 g/mol. The van der Waals surface area contributed by atoms with Crippen LogP contribution in [-0.4, -0.2) is 32.8 Å². The number of benzene rings is 1. The fraction of sp³-hybridized carbons (Fsp3) is 0.500. The van der Waals surface area contributed by atoms with E-state index >= 15 is 0 Å². The van der Waals surface area contributed by atoms with E-state index in [1.807, 2.05) is 0 Å². The van der Waals surface area contributed by atoms with Gasteiger partial charge < -0.3 is 9.84 Å². The average Bonchev–Trinajstić information content (AvgIpc) is 2.39. The van der Waals surface area contributed by atoms with Crippen LogP contribution in [0.3, 0.4) is 0 Å². The van der Waals surface area contributed by atoms with Crippen molar-refractivity contribution in [2.24, 2.45) is 0 Å². The van der Waals surface area contributed by atoms with Gasteiger partial charge in [-0.1, -0.05) is 11.6 Å². The Morgan fingerprint density at radius 1 is 1.37 bits per heavy atom. The molecule has 2 N–H and O–H groups in total. The van der Waals surface area contributed by atoms with Gasteiger partial charge in [-0.25, -0.2) is 13.1 Å². The van der Waals surface area contributed by atoms with Gasteiger partial charge in [0, 0.05) is 24.3 Å². The second kappa shape index (κ2) is 6.19. The third-order valence-electron chi connectivity index (χ3n) is 3.04. The highest BCUT2D eigenvalue weighted by molar-refractivity contribution is 7.89. The van der Waals surface area contributed by atoms with E-state index < -0.39 is 10.0 Å². The monoisotopic (exact) mass is 305 g/mol. The van der Waals surface area contributed by atoms with Gasteiger partial charge in [-0.3, -0.25) is 0 Å². The van der Waals surface area contributed by atoms with Crippen molar-refractivity contribution in [3.63, 3.8) is 0 Å². The summed E-state index contributed by atoms with van der Waals surface area (Å²) < 4.78 is 32.2. The van der Waals surface area contributed by atoms with Crippen molar-refractivity contribution >= 4 is 21.6 Å². The Morgan fingerprint density at radius 3 is 2.68 bits per heavy atom. The van der Waals surface area contributed by atoms with Gasteiger partial charge in [0.05, 0.1) is 11.5 Å². The van der Waals surface area contributed by atoms with E-state index in [9.17, 15) is 8.42 Å². The minimum atomic E-state index is -3.58. The zero-order valence-corrected chi connectivity index (χ0v) is 11.9. The number of rotatable bonds is 4. The molecular formula is C12H16ClNO4S. The van der Waals surface area contributed by atoms with Gasteiger partial charge in [0.15, 0.2) is 0 Å². The van der Waals surface area contributed by atoms with Crippen LogP contribution < -0.4 is 4.72 Å². The molecule has 0 atom stereocenters. The van der Waals surface area contributed by atoms with E-state index in [0.717, 1.165) is 0 Å². The first kappa shape index (κ1) is 14.7. The van der Waals surface area contributed by atoms with Crippen LogP contribution >= 0.6 is 11.6 Å². The van der Waals surface area contributed by atoms with Gasteiger partial charge in [0.2, 0.25) is 10.0 Å². The molecule has 0 spiro atoms. The molecule has 0 saturated carbocycles. The summed E-state index contributed by atoms with van der Waals surface area (Å²) >= 11 is 5.85. The molecule has 7 heteroatoms. The first-order chi connectivity index (χ1) is 9.03. The average molecular weight is 306 g/mol. The zero-order chi connectivity index (χ0) is 13.9. The topological polar surface area (TPSA) is 75.6 Å². The first-order valence-electron chi connectivity index (χ1n) is 6.02. The van der Waals surface area contributed by atoms with E-state index in [1.54, 1.807) is 0 Å². The van der Waals surface area contributed by atoms with Crippen LogP contribution in [0.5, 0.6) is 0 Å². The Labute approximate surface area is 117 Å². The molecule has 5 nitrogen and oxygen atoms in total. The maximum atomic E-state index is 12.2. The summed E-state index contributed by atoms with van der Waals surface area (Å²) in [4.78, 5) is 0.118. The molecule has 19 heavy (non-hydrogen) atoms. The van der Waals surface area contributed by atoms with Gasteiger partial charge >= 0.3 is 0 Å². The molecule has 1 fully saturated rings. The zero-order valence-electron chi connectivity index (χ0n) is 10.3. The Kier molecular flexibility index (Phi) is 4.81. The third-order valence-corrected chi connectivity index (χ3v) is 4.93. The predicted molar refractivity (Wildman–Crippen MR) is 71.5 cm³/mol. The summed E-state index contributed by atoms with van der Waals surface area (Å²) in [6.07, 6.45) is 1.33. The molecule has 1 aromatic carbocycles. The molecule has 0 amide bonds. The van der Waals surface area contributed by atoms with E-state index in [2.05, 4.69) is 4.72 Å². The lowest BCUT2D eigenvalue weighted by molar-refractivity contribution is 0.0832. The van der Waals surface area contributed by atoms with E-state index in [4.69, 9.17) is 21.4 Å². The van der Waals surface area contributed by atoms with E-state index in [1.165, 1.54) is 18.2 Å². The maximum Gasteiger partial charge on any atom is 0.240 e. The molecule has 1 aliphatic heterocycles. The summed E-state index contributed by atoms with van der Waals surface area (Å²) in [5, 5.41) is 9.47. The Bertz CT molecular complexity index is 541. The van der Waals surface area contributed by atoms with Crippen molar-refractivity contribution in [1.82, 2.24) is 4.72 Å². The van der Waals surface area contributed by atoms with Crippen molar-refractivity contribution in [3.8, 4) is 0 Å². The normalized spacial score (nSPS) is 17.6.